The van der Waals surface area contributed by atoms with E-state index in [2.05, 4.69) is 13.5 Å². The average molecular weight is 411 g/mol. The standard InChI is InChI=1S/C26H34O4/c1-3-5-7-8-9-11-21-29-23-14-12-22(13-15-23)26(27)30-25-18-16-24(17-19-25)28-20-10-6-4-2/h3,12-19H,1,4-11,20-21H2,2H3. The summed E-state index contributed by atoms with van der Waals surface area (Å²) in [7, 11) is 0. The molecule has 2 rings (SSSR count). The fourth-order valence-electron chi connectivity index (χ4n) is 2.93. The highest BCUT2D eigenvalue weighted by atomic mass is 16.5. The van der Waals surface area contributed by atoms with Gasteiger partial charge in [-0.25, -0.2) is 4.79 Å². The SMILES string of the molecule is C=CCCCCCCOc1ccc(C(=O)Oc2ccc(OCCCCC)cc2)cc1. The largest absolute Gasteiger partial charge is 0.494 e. The molecule has 0 spiro atoms. The summed E-state index contributed by atoms with van der Waals surface area (Å²) in [6.07, 6.45) is 11.0. The molecule has 30 heavy (non-hydrogen) atoms. The number of rotatable bonds is 15. The van der Waals surface area contributed by atoms with Gasteiger partial charge in [-0.1, -0.05) is 38.7 Å². The van der Waals surface area contributed by atoms with Gasteiger partial charge in [-0.2, -0.15) is 0 Å². The minimum atomic E-state index is -0.389. The monoisotopic (exact) mass is 410 g/mol. The van der Waals surface area contributed by atoms with Crippen LogP contribution in [0.25, 0.3) is 0 Å². The molecule has 0 unspecified atom stereocenters. The highest BCUT2D eigenvalue weighted by Crippen LogP contribution is 2.20. The molecule has 0 aliphatic carbocycles. The highest BCUT2D eigenvalue weighted by Gasteiger charge is 2.09. The van der Waals surface area contributed by atoms with Crippen molar-refractivity contribution < 1.29 is 19.0 Å². The average Bonchev–Trinajstić information content (AvgIpc) is 2.77. The van der Waals surface area contributed by atoms with Gasteiger partial charge in [0.1, 0.15) is 17.2 Å². The van der Waals surface area contributed by atoms with Crippen molar-refractivity contribution in [3.05, 3.63) is 66.7 Å². The van der Waals surface area contributed by atoms with E-state index in [-0.39, 0.29) is 5.97 Å². The molecule has 4 heteroatoms. The molecule has 0 radical (unpaired) electrons. The van der Waals surface area contributed by atoms with Gasteiger partial charge in [0.05, 0.1) is 18.8 Å². The number of ether oxygens (including phenoxy) is 3. The van der Waals surface area contributed by atoms with Crippen LogP contribution < -0.4 is 14.2 Å². The molecule has 0 N–H and O–H groups in total. The van der Waals surface area contributed by atoms with E-state index >= 15 is 0 Å². The molecule has 0 aromatic heterocycles. The van der Waals surface area contributed by atoms with Gasteiger partial charge < -0.3 is 14.2 Å². The van der Waals surface area contributed by atoms with E-state index in [1.165, 1.54) is 19.3 Å². The Morgan fingerprint density at radius 1 is 0.767 bits per heavy atom. The lowest BCUT2D eigenvalue weighted by Gasteiger charge is -2.09. The lowest BCUT2D eigenvalue weighted by atomic mass is 10.1. The first kappa shape index (κ1) is 23.5. The third kappa shape index (κ3) is 9.17. The van der Waals surface area contributed by atoms with Crippen molar-refractivity contribution in [1.29, 1.82) is 0 Å². The Kier molecular flexibility index (Phi) is 11.2. The Hall–Kier alpha value is -2.75. The van der Waals surface area contributed by atoms with Crippen molar-refractivity contribution in [2.75, 3.05) is 13.2 Å². The quantitative estimate of drug-likeness (QED) is 0.137. The van der Waals surface area contributed by atoms with E-state index in [9.17, 15) is 4.79 Å². The Morgan fingerprint density at radius 2 is 1.30 bits per heavy atom. The number of allylic oxidation sites excluding steroid dienone is 1. The summed E-state index contributed by atoms with van der Waals surface area (Å²) in [5.41, 5.74) is 0.492. The summed E-state index contributed by atoms with van der Waals surface area (Å²) in [6, 6.07) is 14.2. The van der Waals surface area contributed by atoms with Gasteiger partial charge >= 0.3 is 5.97 Å². The van der Waals surface area contributed by atoms with Crippen LogP contribution in [0, 0.1) is 0 Å². The Balaban J connectivity index is 1.71. The van der Waals surface area contributed by atoms with E-state index in [4.69, 9.17) is 14.2 Å². The summed E-state index contributed by atoms with van der Waals surface area (Å²) in [4.78, 5) is 12.3. The third-order valence-electron chi connectivity index (χ3n) is 4.71. The molecule has 0 amide bonds. The zero-order valence-corrected chi connectivity index (χ0v) is 18.1. The smallest absolute Gasteiger partial charge is 0.343 e. The number of esters is 1. The molecule has 0 saturated heterocycles. The number of hydrogen-bond acceptors (Lipinski definition) is 4. The lowest BCUT2D eigenvalue weighted by molar-refractivity contribution is 0.0734. The lowest BCUT2D eigenvalue weighted by Crippen LogP contribution is -2.08. The highest BCUT2D eigenvalue weighted by molar-refractivity contribution is 5.91. The minimum Gasteiger partial charge on any atom is -0.494 e. The van der Waals surface area contributed by atoms with Gasteiger partial charge in [0.25, 0.3) is 0 Å². The second-order valence-corrected chi connectivity index (χ2v) is 7.28. The van der Waals surface area contributed by atoms with E-state index in [1.807, 2.05) is 30.3 Å². The second kappa shape index (κ2) is 14.3. The van der Waals surface area contributed by atoms with E-state index < -0.39 is 0 Å². The number of benzene rings is 2. The molecule has 0 fully saturated rings. The molecule has 162 valence electrons. The maximum Gasteiger partial charge on any atom is 0.343 e. The van der Waals surface area contributed by atoms with Crippen LogP contribution >= 0.6 is 0 Å². The van der Waals surface area contributed by atoms with Crippen molar-refractivity contribution in [3.8, 4) is 17.2 Å². The topological polar surface area (TPSA) is 44.8 Å². The fraction of sp³-hybridized carbons (Fsp3) is 0.423. The van der Waals surface area contributed by atoms with E-state index in [0.717, 1.165) is 43.6 Å². The molecule has 4 nitrogen and oxygen atoms in total. The minimum absolute atomic E-state index is 0.389. The zero-order valence-electron chi connectivity index (χ0n) is 18.1. The van der Waals surface area contributed by atoms with Crippen LogP contribution in [0.1, 0.15) is 68.6 Å². The van der Waals surface area contributed by atoms with Crippen LogP contribution in [0.2, 0.25) is 0 Å². The molecule has 0 heterocycles. The predicted molar refractivity (Wildman–Crippen MR) is 122 cm³/mol. The molecule has 0 bridgehead atoms. The summed E-state index contributed by atoms with van der Waals surface area (Å²) < 4.78 is 16.9. The normalized spacial score (nSPS) is 10.4. The van der Waals surface area contributed by atoms with Crippen LogP contribution in [-0.2, 0) is 0 Å². The van der Waals surface area contributed by atoms with Gasteiger partial charge in [0.15, 0.2) is 0 Å². The number of carbonyl (C=O) groups is 1. The third-order valence-corrected chi connectivity index (χ3v) is 4.71. The fourth-order valence-corrected chi connectivity index (χ4v) is 2.93. The van der Waals surface area contributed by atoms with Crippen molar-refractivity contribution in [1.82, 2.24) is 0 Å². The zero-order chi connectivity index (χ0) is 21.4. The molecule has 0 aliphatic heterocycles. The molecule has 0 saturated carbocycles. The van der Waals surface area contributed by atoms with Crippen molar-refractivity contribution in [3.63, 3.8) is 0 Å². The number of carbonyl (C=O) groups excluding carboxylic acids is 1. The van der Waals surface area contributed by atoms with Gasteiger partial charge in [-0.05, 0) is 74.2 Å². The molecular weight excluding hydrogens is 376 g/mol. The molecule has 2 aromatic rings. The summed E-state index contributed by atoms with van der Waals surface area (Å²) >= 11 is 0. The molecule has 2 aromatic carbocycles. The van der Waals surface area contributed by atoms with Crippen LogP contribution in [0.3, 0.4) is 0 Å². The van der Waals surface area contributed by atoms with Crippen LogP contribution in [0.5, 0.6) is 17.2 Å². The first-order valence-corrected chi connectivity index (χ1v) is 11.0. The van der Waals surface area contributed by atoms with Crippen LogP contribution in [0.4, 0.5) is 0 Å². The van der Waals surface area contributed by atoms with Gasteiger partial charge in [-0.3, -0.25) is 0 Å². The second-order valence-electron chi connectivity index (χ2n) is 7.28. The molecular formula is C26H34O4. The Bertz CT molecular complexity index is 735. The maximum atomic E-state index is 12.3. The Morgan fingerprint density at radius 3 is 1.90 bits per heavy atom. The summed E-state index contributed by atoms with van der Waals surface area (Å²) in [6.45, 7) is 7.29. The first-order chi connectivity index (χ1) is 14.7. The summed E-state index contributed by atoms with van der Waals surface area (Å²) in [5, 5.41) is 0. The van der Waals surface area contributed by atoms with Gasteiger partial charge in [-0.15, -0.1) is 6.58 Å². The first-order valence-electron chi connectivity index (χ1n) is 11.0. The summed E-state index contributed by atoms with van der Waals surface area (Å²) in [5.74, 6) is 1.66. The van der Waals surface area contributed by atoms with Crippen molar-refractivity contribution >= 4 is 5.97 Å². The van der Waals surface area contributed by atoms with Gasteiger partial charge in [0.2, 0.25) is 0 Å². The van der Waals surface area contributed by atoms with Crippen LogP contribution in [-0.4, -0.2) is 19.2 Å². The number of hydrogen-bond donors (Lipinski definition) is 0. The van der Waals surface area contributed by atoms with E-state index in [1.54, 1.807) is 24.3 Å². The van der Waals surface area contributed by atoms with E-state index in [0.29, 0.717) is 24.5 Å². The van der Waals surface area contributed by atoms with Crippen LogP contribution in [0.15, 0.2) is 61.2 Å². The molecule has 0 atom stereocenters. The molecule has 0 aliphatic rings. The van der Waals surface area contributed by atoms with Crippen molar-refractivity contribution in [2.45, 2.75) is 58.3 Å². The Labute approximate surface area is 180 Å². The predicted octanol–water partition coefficient (Wildman–Crippen LogP) is 6.99. The maximum absolute atomic E-state index is 12.3. The van der Waals surface area contributed by atoms with Gasteiger partial charge in [0, 0.05) is 0 Å². The number of unbranched alkanes of at least 4 members (excludes halogenated alkanes) is 6. The van der Waals surface area contributed by atoms with Crippen molar-refractivity contribution in [2.24, 2.45) is 0 Å².